The molecule has 1 heterocycles. The molecule has 5 nitrogen and oxygen atoms in total. The lowest BCUT2D eigenvalue weighted by atomic mass is 9.74. The number of rotatable bonds is 5. The van der Waals surface area contributed by atoms with Crippen molar-refractivity contribution in [1.29, 1.82) is 0 Å². The van der Waals surface area contributed by atoms with E-state index in [1.54, 1.807) is 0 Å². The van der Waals surface area contributed by atoms with Crippen LogP contribution in [0.5, 0.6) is 0 Å². The summed E-state index contributed by atoms with van der Waals surface area (Å²) in [7, 11) is 2.16. The number of likely N-dealkylation sites (N-methyl/N-ethyl adjacent to an activating group) is 1. The van der Waals surface area contributed by atoms with Crippen molar-refractivity contribution in [3.63, 3.8) is 0 Å². The van der Waals surface area contributed by atoms with E-state index in [0.29, 0.717) is 13.0 Å². The molecule has 1 aliphatic heterocycles. The minimum atomic E-state index is -0.291. The highest BCUT2D eigenvalue weighted by Crippen LogP contribution is 2.39. The number of amides is 1. The Bertz CT molecular complexity index is 601. The van der Waals surface area contributed by atoms with Crippen molar-refractivity contribution in [2.24, 2.45) is 0 Å². The third-order valence-electron chi connectivity index (χ3n) is 6.62. The van der Waals surface area contributed by atoms with Gasteiger partial charge in [0.15, 0.2) is 0 Å². The van der Waals surface area contributed by atoms with E-state index in [1.165, 1.54) is 5.56 Å². The molecular weight excluding hydrogens is 338 g/mol. The van der Waals surface area contributed by atoms with Crippen molar-refractivity contribution in [3.8, 4) is 0 Å². The van der Waals surface area contributed by atoms with Crippen LogP contribution in [0.4, 0.5) is 0 Å². The van der Waals surface area contributed by atoms with E-state index in [-0.39, 0.29) is 23.5 Å². The number of carbonyl (C=O) groups excluding carboxylic acids is 1. The standard InChI is InChI=1S/C22H35N3O2/c1-3-21(27)23-17-22(18-7-5-4-6-8-18)11-9-19(20(26)10-12-22)25-15-13-24(2)14-16-25/h4-8,19-20,26H,3,9-17H2,1-2H3,(H,23,27)/t19-,20-,22-/m0/s1. The molecule has 3 rings (SSSR count). The quantitative estimate of drug-likeness (QED) is 0.775. The minimum Gasteiger partial charge on any atom is -0.391 e. The van der Waals surface area contributed by atoms with Crippen molar-refractivity contribution in [3.05, 3.63) is 35.9 Å². The maximum atomic E-state index is 11.9. The van der Waals surface area contributed by atoms with Crippen LogP contribution >= 0.6 is 0 Å². The molecule has 1 aromatic carbocycles. The first-order chi connectivity index (χ1) is 13.0. The largest absolute Gasteiger partial charge is 0.391 e. The van der Waals surface area contributed by atoms with Gasteiger partial charge in [-0.2, -0.15) is 0 Å². The minimum absolute atomic E-state index is 0.0889. The summed E-state index contributed by atoms with van der Waals surface area (Å²) in [6.45, 7) is 6.75. The highest BCUT2D eigenvalue weighted by molar-refractivity contribution is 5.75. The first kappa shape index (κ1) is 20.3. The maximum absolute atomic E-state index is 11.9. The molecule has 1 amide bonds. The van der Waals surface area contributed by atoms with Crippen LogP contribution in [0, 0.1) is 0 Å². The summed E-state index contributed by atoms with van der Waals surface area (Å²) in [4.78, 5) is 16.8. The van der Waals surface area contributed by atoms with Crippen LogP contribution < -0.4 is 5.32 Å². The van der Waals surface area contributed by atoms with Gasteiger partial charge in [0.2, 0.25) is 5.91 Å². The van der Waals surface area contributed by atoms with Gasteiger partial charge in [0.1, 0.15) is 0 Å². The van der Waals surface area contributed by atoms with E-state index >= 15 is 0 Å². The molecule has 1 aliphatic carbocycles. The van der Waals surface area contributed by atoms with Gasteiger partial charge in [-0.1, -0.05) is 37.3 Å². The van der Waals surface area contributed by atoms with Crippen LogP contribution in [0.15, 0.2) is 30.3 Å². The summed E-state index contributed by atoms with van der Waals surface area (Å²) in [6.07, 6.45) is 3.88. The van der Waals surface area contributed by atoms with Gasteiger partial charge in [-0.05, 0) is 38.3 Å². The molecule has 0 unspecified atom stereocenters. The summed E-state index contributed by atoms with van der Waals surface area (Å²) < 4.78 is 0. The first-order valence-corrected chi connectivity index (χ1v) is 10.5. The fourth-order valence-corrected chi connectivity index (χ4v) is 4.69. The maximum Gasteiger partial charge on any atom is 0.219 e. The third kappa shape index (κ3) is 4.89. The van der Waals surface area contributed by atoms with Gasteiger partial charge in [-0.15, -0.1) is 0 Å². The molecule has 1 aromatic rings. The normalized spacial score (nSPS) is 30.6. The molecule has 2 aliphatic rings. The van der Waals surface area contributed by atoms with Crippen LogP contribution in [0.2, 0.25) is 0 Å². The molecule has 2 fully saturated rings. The molecule has 0 radical (unpaired) electrons. The van der Waals surface area contributed by atoms with Gasteiger partial charge in [0.05, 0.1) is 6.10 Å². The molecule has 2 N–H and O–H groups in total. The third-order valence-corrected chi connectivity index (χ3v) is 6.62. The highest BCUT2D eigenvalue weighted by Gasteiger charge is 2.40. The number of benzene rings is 1. The Morgan fingerprint density at radius 3 is 2.48 bits per heavy atom. The number of nitrogens with zero attached hydrogens (tertiary/aromatic N) is 2. The van der Waals surface area contributed by atoms with Crippen molar-refractivity contribution >= 4 is 5.91 Å². The molecule has 1 saturated heterocycles. The van der Waals surface area contributed by atoms with E-state index in [1.807, 2.05) is 13.0 Å². The fraction of sp³-hybridized carbons (Fsp3) is 0.682. The van der Waals surface area contributed by atoms with Crippen molar-refractivity contribution in [2.75, 3.05) is 39.8 Å². The highest BCUT2D eigenvalue weighted by atomic mass is 16.3. The number of carbonyl (C=O) groups is 1. The molecule has 0 spiro atoms. The topological polar surface area (TPSA) is 55.8 Å². The lowest BCUT2D eigenvalue weighted by Crippen LogP contribution is -2.52. The Morgan fingerprint density at radius 1 is 1.15 bits per heavy atom. The van der Waals surface area contributed by atoms with Gasteiger partial charge in [-0.25, -0.2) is 0 Å². The van der Waals surface area contributed by atoms with Crippen LogP contribution in [0.3, 0.4) is 0 Å². The molecule has 5 heteroatoms. The van der Waals surface area contributed by atoms with Crippen LogP contribution in [-0.2, 0) is 10.2 Å². The lowest BCUT2D eigenvalue weighted by Gasteiger charge is -2.39. The first-order valence-electron chi connectivity index (χ1n) is 10.5. The molecule has 150 valence electrons. The van der Waals surface area contributed by atoms with Crippen LogP contribution in [0.1, 0.15) is 44.6 Å². The van der Waals surface area contributed by atoms with Crippen LogP contribution in [-0.4, -0.2) is 72.7 Å². The summed E-state index contributed by atoms with van der Waals surface area (Å²) in [5.41, 5.74) is 1.20. The van der Waals surface area contributed by atoms with E-state index < -0.39 is 0 Å². The number of aliphatic hydroxyl groups is 1. The van der Waals surface area contributed by atoms with E-state index in [4.69, 9.17) is 0 Å². The average Bonchev–Trinajstić information content (AvgIpc) is 2.87. The van der Waals surface area contributed by atoms with E-state index in [2.05, 4.69) is 46.4 Å². The Morgan fingerprint density at radius 2 is 1.81 bits per heavy atom. The smallest absolute Gasteiger partial charge is 0.219 e. The predicted molar refractivity (Wildman–Crippen MR) is 109 cm³/mol. The zero-order chi connectivity index (χ0) is 19.3. The van der Waals surface area contributed by atoms with Gasteiger partial charge in [0.25, 0.3) is 0 Å². The Balaban J connectivity index is 1.77. The zero-order valence-electron chi connectivity index (χ0n) is 16.9. The molecular formula is C22H35N3O2. The summed E-state index contributed by atoms with van der Waals surface area (Å²) in [5.74, 6) is 0.103. The van der Waals surface area contributed by atoms with Gasteiger partial charge >= 0.3 is 0 Å². The number of aliphatic hydroxyl groups excluding tert-OH is 1. The van der Waals surface area contributed by atoms with Gasteiger partial charge < -0.3 is 15.3 Å². The molecule has 1 saturated carbocycles. The second kappa shape index (κ2) is 9.18. The van der Waals surface area contributed by atoms with E-state index in [9.17, 15) is 9.90 Å². The van der Waals surface area contributed by atoms with Crippen molar-refractivity contribution in [1.82, 2.24) is 15.1 Å². The molecule has 0 bridgehead atoms. The predicted octanol–water partition coefficient (Wildman–Crippen LogP) is 2.00. The SMILES string of the molecule is CCC(=O)NC[C@@]1(c2ccccc2)CC[C@H](O)[C@@H](N2CCN(C)CC2)CC1. The van der Waals surface area contributed by atoms with Crippen LogP contribution in [0.25, 0.3) is 0 Å². The van der Waals surface area contributed by atoms with Gasteiger partial charge in [0, 0.05) is 50.6 Å². The Kier molecular flexibility index (Phi) is 6.90. The number of piperazine rings is 1. The van der Waals surface area contributed by atoms with Crippen molar-refractivity contribution in [2.45, 2.75) is 56.6 Å². The summed E-state index contributed by atoms with van der Waals surface area (Å²) >= 11 is 0. The van der Waals surface area contributed by atoms with E-state index in [0.717, 1.165) is 51.9 Å². The second-order valence-corrected chi connectivity index (χ2v) is 8.33. The monoisotopic (exact) mass is 373 g/mol. The fourth-order valence-electron chi connectivity index (χ4n) is 4.69. The zero-order valence-corrected chi connectivity index (χ0v) is 16.9. The van der Waals surface area contributed by atoms with Crippen molar-refractivity contribution < 1.29 is 9.90 Å². The Labute approximate surface area is 163 Å². The second-order valence-electron chi connectivity index (χ2n) is 8.33. The number of hydrogen-bond donors (Lipinski definition) is 2. The average molecular weight is 374 g/mol. The molecule has 27 heavy (non-hydrogen) atoms. The summed E-state index contributed by atoms with van der Waals surface area (Å²) in [6, 6.07) is 10.8. The molecule has 3 atom stereocenters. The summed E-state index contributed by atoms with van der Waals surface area (Å²) in [5, 5.41) is 14.1. The molecule has 0 aromatic heterocycles. The van der Waals surface area contributed by atoms with Gasteiger partial charge in [-0.3, -0.25) is 9.69 Å². The number of hydrogen-bond acceptors (Lipinski definition) is 4. The lowest BCUT2D eigenvalue weighted by molar-refractivity contribution is -0.121. The Hall–Kier alpha value is -1.43. The number of nitrogens with one attached hydrogen (secondary N) is 1.